The van der Waals surface area contributed by atoms with Crippen molar-refractivity contribution in [3.8, 4) is 0 Å². The predicted octanol–water partition coefficient (Wildman–Crippen LogP) is 1.69. The van der Waals surface area contributed by atoms with Crippen LogP contribution in [0.25, 0.3) is 0 Å². The number of hydrogen-bond donors (Lipinski definition) is 1. The number of thioether (sulfide) groups is 1. The second-order valence-corrected chi connectivity index (χ2v) is 5.24. The van der Waals surface area contributed by atoms with Crippen LogP contribution in [0, 0.1) is 0 Å². The highest BCUT2D eigenvalue weighted by atomic mass is 32.2. The summed E-state index contributed by atoms with van der Waals surface area (Å²) in [5.41, 5.74) is -0.565. The number of rotatable bonds is 10. The molecule has 0 saturated carbocycles. The molecule has 0 aliphatic rings. The monoisotopic (exact) mass is 263 g/mol. The van der Waals surface area contributed by atoms with E-state index in [1.54, 1.807) is 14.2 Å². The smallest absolute Gasteiger partial charge is 0.326 e. The molecule has 0 aliphatic heterocycles. The fourth-order valence-electron chi connectivity index (χ4n) is 1.30. The second-order valence-electron chi connectivity index (χ2n) is 4.01. The van der Waals surface area contributed by atoms with Gasteiger partial charge in [-0.15, -0.1) is 0 Å². The van der Waals surface area contributed by atoms with Gasteiger partial charge in [0.15, 0.2) is 0 Å². The molecule has 0 saturated heterocycles. The Hall–Kier alpha value is -0.260. The summed E-state index contributed by atoms with van der Waals surface area (Å²) in [6, 6.07) is 0. The maximum Gasteiger partial charge on any atom is 0.326 e. The first-order valence-corrected chi connectivity index (χ1v) is 7.19. The predicted molar refractivity (Wildman–Crippen MR) is 72.5 cm³/mol. The molecular weight excluding hydrogens is 238 g/mol. The van der Waals surface area contributed by atoms with Gasteiger partial charge < -0.3 is 14.8 Å². The number of methoxy groups -OCH3 is 1. The van der Waals surface area contributed by atoms with Crippen molar-refractivity contribution in [2.45, 2.75) is 32.2 Å². The molecule has 0 spiro atoms. The summed E-state index contributed by atoms with van der Waals surface area (Å²) < 4.78 is 10.0. The van der Waals surface area contributed by atoms with Crippen LogP contribution in [0.3, 0.4) is 0 Å². The normalized spacial score (nSPS) is 14.4. The first kappa shape index (κ1) is 16.7. The van der Waals surface area contributed by atoms with E-state index in [0.717, 1.165) is 31.0 Å². The summed E-state index contributed by atoms with van der Waals surface area (Å²) in [5, 5.41) is 3.05. The van der Waals surface area contributed by atoms with Gasteiger partial charge in [0.2, 0.25) is 0 Å². The molecular formula is C12H25NO3S. The maximum absolute atomic E-state index is 11.7. The summed E-state index contributed by atoms with van der Waals surface area (Å²) in [5.74, 6) is 1.84. The van der Waals surface area contributed by atoms with Crippen molar-refractivity contribution in [2.24, 2.45) is 0 Å². The lowest BCUT2D eigenvalue weighted by Gasteiger charge is -2.26. The lowest BCUT2D eigenvalue weighted by Crippen LogP contribution is -2.49. The van der Waals surface area contributed by atoms with Gasteiger partial charge in [0.25, 0.3) is 0 Å². The molecule has 0 aromatic carbocycles. The van der Waals surface area contributed by atoms with Crippen LogP contribution in [0.2, 0.25) is 0 Å². The molecule has 0 amide bonds. The summed E-state index contributed by atoms with van der Waals surface area (Å²) >= 11 is 1.84. The molecule has 17 heavy (non-hydrogen) atoms. The average molecular weight is 263 g/mol. The van der Waals surface area contributed by atoms with Crippen LogP contribution in [0.4, 0.5) is 0 Å². The fraction of sp³-hybridized carbons (Fsp3) is 0.917. The summed E-state index contributed by atoms with van der Waals surface area (Å²) in [7, 11) is 3.51. The fourth-order valence-corrected chi connectivity index (χ4v) is 2.38. The lowest BCUT2D eigenvalue weighted by molar-refractivity contribution is -0.150. The van der Waals surface area contributed by atoms with E-state index in [1.807, 2.05) is 25.6 Å². The standard InChI is InChI=1S/C12H25NO3S/c1-5-16-11(14)12(2,13-3)7-10-17-9-6-8-15-4/h13H,5-10H2,1-4H3. The molecule has 0 radical (unpaired) electrons. The van der Waals surface area contributed by atoms with Crippen LogP contribution in [-0.2, 0) is 14.3 Å². The highest BCUT2D eigenvalue weighted by Crippen LogP contribution is 2.16. The van der Waals surface area contributed by atoms with E-state index in [4.69, 9.17) is 9.47 Å². The third-order valence-electron chi connectivity index (χ3n) is 2.66. The Morgan fingerprint density at radius 2 is 2.12 bits per heavy atom. The molecule has 1 N–H and O–H groups in total. The molecule has 0 aromatic heterocycles. The van der Waals surface area contributed by atoms with Crippen molar-refractivity contribution in [3.05, 3.63) is 0 Å². The average Bonchev–Trinajstić information content (AvgIpc) is 2.33. The van der Waals surface area contributed by atoms with E-state index in [1.165, 1.54) is 0 Å². The molecule has 0 fully saturated rings. The van der Waals surface area contributed by atoms with Crippen LogP contribution >= 0.6 is 11.8 Å². The number of ether oxygens (including phenoxy) is 2. The van der Waals surface area contributed by atoms with Gasteiger partial charge in [-0.3, -0.25) is 4.79 Å². The zero-order valence-corrected chi connectivity index (χ0v) is 12.2. The Bertz CT molecular complexity index is 214. The highest BCUT2D eigenvalue weighted by molar-refractivity contribution is 7.99. The number of hydrogen-bond acceptors (Lipinski definition) is 5. The number of nitrogens with one attached hydrogen (secondary N) is 1. The summed E-state index contributed by atoms with van der Waals surface area (Å²) in [6.07, 6.45) is 1.83. The minimum absolute atomic E-state index is 0.167. The van der Waals surface area contributed by atoms with E-state index in [9.17, 15) is 4.79 Å². The SMILES string of the molecule is CCOC(=O)C(C)(CCSCCCOC)NC. The molecule has 0 bridgehead atoms. The zero-order chi connectivity index (χ0) is 13.1. The molecule has 4 nitrogen and oxygen atoms in total. The van der Waals surface area contributed by atoms with Crippen LogP contribution in [0.1, 0.15) is 26.7 Å². The van der Waals surface area contributed by atoms with Gasteiger partial charge in [0, 0.05) is 13.7 Å². The van der Waals surface area contributed by atoms with Crippen molar-refractivity contribution in [1.82, 2.24) is 5.32 Å². The molecule has 0 rings (SSSR count). The molecule has 0 aromatic rings. The molecule has 0 aliphatic carbocycles. The Morgan fingerprint density at radius 1 is 1.41 bits per heavy atom. The maximum atomic E-state index is 11.7. The van der Waals surface area contributed by atoms with Gasteiger partial charge in [0.1, 0.15) is 5.54 Å². The Morgan fingerprint density at radius 3 is 2.65 bits per heavy atom. The molecule has 5 heteroatoms. The number of likely N-dealkylation sites (N-methyl/N-ethyl adjacent to an activating group) is 1. The van der Waals surface area contributed by atoms with Crippen molar-refractivity contribution in [1.29, 1.82) is 0 Å². The number of esters is 1. The topological polar surface area (TPSA) is 47.6 Å². The van der Waals surface area contributed by atoms with E-state index in [-0.39, 0.29) is 5.97 Å². The Labute approximate surface area is 109 Å². The van der Waals surface area contributed by atoms with Gasteiger partial charge >= 0.3 is 5.97 Å². The first-order valence-electron chi connectivity index (χ1n) is 6.03. The number of carbonyl (C=O) groups is 1. The van der Waals surface area contributed by atoms with Gasteiger partial charge in [-0.1, -0.05) is 0 Å². The first-order chi connectivity index (χ1) is 8.10. The Balaban J connectivity index is 3.83. The lowest BCUT2D eigenvalue weighted by atomic mass is 10.00. The van der Waals surface area contributed by atoms with E-state index in [0.29, 0.717) is 6.61 Å². The molecule has 102 valence electrons. The zero-order valence-electron chi connectivity index (χ0n) is 11.4. The number of carbonyl (C=O) groups excluding carboxylic acids is 1. The van der Waals surface area contributed by atoms with Crippen LogP contribution in [-0.4, -0.2) is 50.4 Å². The third-order valence-corrected chi connectivity index (χ3v) is 3.73. The van der Waals surface area contributed by atoms with Gasteiger partial charge in [-0.25, -0.2) is 0 Å². The third kappa shape index (κ3) is 6.91. The van der Waals surface area contributed by atoms with Crippen molar-refractivity contribution in [2.75, 3.05) is 38.9 Å². The van der Waals surface area contributed by atoms with Crippen molar-refractivity contribution < 1.29 is 14.3 Å². The van der Waals surface area contributed by atoms with Crippen molar-refractivity contribution >= 4 is 17.7 Å². The summed E-state index contributed by atoms with van der Waals surface area (Å²) in [6.45, 7) is 4.94. The van der Waals surface area contributed by atoms with Crippen LogP contribution < -0.4 is 5.32 Å². The summed E-state index contributed by atoms with van der Waals surface area (Å²) in [4.78, 5) is 11.7. The quantitative estimate of drug-likeness (QED) is 0.480. The van der Waals surface area contributed by atoms with E-state index in [2.05, 4.69) is 5.32 Å². The minimum Gasteiger partial charge on any atom is -0.465 e. The van der Waals surface area contributed by atoms with E-state index >= 15 is 0 Å². The van der Waals surface area contributed by atoms with Gasteiger partial charge in [-0.2, -0.15) is 11.8 Å². The second kappa shape index (κ2) is 9.74. The van der Waals surface area contributed by atoms with Gasteiger partial charge in [-0.05, 0) is 45.2 Å². The Kier molecular flexibility index (Phi) is 9.59. The largest absolute Gasteiger partial charge is 0.465 e. The molecule has 0 heterocycles. The minimum atomic E-state index is -0.565. The van der Waals surface area contributed by atoms with Crippen LogP contribution in [0.15, 0.2) is 0 Å². The molecule has 1 atom stereocenters. The van der Waals surface area contributed by atoms with E-state index < -0.39 is 5.54 Å². The van der Waals surface area contributed by atoms with Gasteiger partial charge in [0.05, 0.1) is 6.61 Å². The molecule has 1 unspecified atom stereocenters. The highest BCUT2D eigenvalue weighted by Gasteiger charge is 2.32. The van der Waals surface area contributed by atoms with Crippen LogP contribution in [0.5, 0.6) is 0 Å². The van der Waals surface area contributed by atoms with Crippen molar-refractivity contribution in [3.63, 3.8) is 0 Å².